The minimum atomic E-state index is -2.98. The molecule has 7 heteroatoms. The van der Waals surface area contributed by atoms with Crippen molar-refractivity contribution in [2.45, 2.75) is 24.6 Å². The van der Waals surface area contributed by atoms with Crippen molar-refractivity contribution in [2.75, 3.05) is 18.1 Å². The van der Waals surface area contributed by atoms with Crippen LogP contribution in [-0.2, 0) is 21.1 Å². The predicted octanol–water partition coefficient (Wildman–Crippen LogP) is 1.35. The normalized spacial score (nSPS) is 28.0. The van der Waals surface area contributed by atoms with E-state index >= 15 is 0 Å². The number of hydrogen-bond acceptors (Lipinski definition) is 4. The van der Waals surface area contributed by atoms with Gasteiger partial charge in [-0.3, -0.25) is 4.79 Å². The van der Waals surface area contributed by atoms with Crippen LogP contribution in [0.25, 0.3) is 0 Å². The molecule has 5 nitrogen and oxygen atoms in total. The number of amidine groups is 1. The first kappa shape index (κ1) is 15.6. The third-order valence-electron chi connectivity index (χ3n) is 3.91. The van der Waals surface area contributed by atoms with Crippen LogP contribution in [0, 0.1) is 0 Å². The molecule has 1 amide bonds. The molecule has 2 atom stereocenters. The Labute approximate surface area is 134 Å². The number of aliphatic imine (C=N–C) groups is 1. The summed E-state index contributed by atoms with van der Waals surface area (Å²) in [7, 11) is -2.98. The number of rotatable bonds is 3. The van der Waals surface area contributed by atoms with Crippen LogP contribution in [0.15, 0.2) is 35.3 Å². The van der Waals surface area contributed by atoms with Gasteiger partial charge in [0.25, 0.3) is 0 Å². The summed E-state index contributed by atoms with van der Waals surface area (Å²) in [6.45, 7) is 2.10. The lowest BCUT2D eigenvalue weighted by molar-refractivity contribution is -0.115. The molecule has 0 aliphatic carbocycles. The lowest BCUT2D eigenvalue weighted by Gasteiger charge is -2.24. The molecule has 1 aromatic rings. The number of nitrogens with zero attached hydrogens (tertiary/aromatic N) is 2. The Morgan fingerprint density at radius 1 is 1.32 bits per heavy atom. The zero-order valence-electron chi connectivity index (χ0n) is 12.3. The molecule has 22 heavy (non-hydrogen) atoms. The maximum absolute atomic E-state index is 11.8. The fourth-order valence-electron chi connectivity index (χ4n) is 2.93. The summed E-state index contributed by atoms with van der Waals surface area (Å²) >= 11 is 1.43. The van der Waals surface area contributed by atoms with Crippen molar-refractivity contribution in [2.24, 2.45) is 4.99 Å². The summed E-state index contributed by atoms with van der Waals surface area (Å²) < 4.78 is 23.7. The minimum absolute atomic E-state index is 0.00104. The molecule has 0 bridgehead atoms. The van der Waals surface area contributed by atoms with Gasteiger partial charge in [-0.05, 0) is 12.0 Å². The monoisotopic (exact) mass is 338 g/mol. The van der Waals surface area contributed by atoms with E-state index in [1.54, 1.807) is 0 Å². The van der Waals surface area contributed by atoms with E-state index < -0.39 is 9.84 Å². The van der Waals surface area contributed by atoms with Crippen molar-refractivity contribution in [3.8, 4) is 0 Å². The molecule has 0 spiro atoms. The van der Waals surface area contributed by atoms with E-state index in [1.165, 1.54) is 24.2 Å². The first-order valence-corrected chi connectivity index (χ1v) is 9.91. The summed E-state index contributed by atoms with van der Waals surface area (Å²) in [5.41, 5.74) is 1.19. The first-order valence-electron chi connectivity index (χ1n) is 7.21. The van der Waals surface area contributed by atoms with E-state index in [0.29, 0.717) is 11.7 Å². The van der Waals surface area contributed by atoms with Crippen LogP contribution in [0.4, 0.5) is 0 Å². The summed E-state index contributed by atoms with van der Waals surface area (Å²) in [4.78, 5) is 17.4. The number of hydrogen-bond donors (Lipinski definition) is 0. The van der Waals surface area contributed by atoms with E-state index in [-0.39, 0.29) is 28.7 Å². The summed E-state index contributed by atoms with van der Waals surface area (Å²) in [5, 5.41) is 0.673. The average molecular weight is 338 g/mol. The van der Waals surface area contributed by atoms with E-state index in [1.807, 2.05) is 35.2 Å². The SMILES string of the molecule is CC(=O)N=C1SC2CS(=O)(=O)CC2N1CCc1ccccc1. The third kappa shape index (κ3) is 3.35. The predicted molar refractivity (Wildman–Crippen MR) is 88.8 cm³/mol. The molecule has 0 aromatic heterocycles. The summed E-state index contributed by atoms with van der Waals surface area (Å²) in [6, 6.07) is 9.99. The molecule has 1 aromatic carbocycles. The van der Waals surface area contributed by atoms with Crippen molar-refractivity contribution in [3.63, 3.8) is 0 Å². The van der Waals surface area contributed by atoms with Crippen molar-refractivity contribution in [3.05, 3.63) is 35.9 Å². The number of sulfone groups is 1. The molecule has 2 fully saturated rings. The Morgan fingerprint density at radius 2 is 2.05 bits per heavy atom. The fraction of sp³-hybridized carbons (Fsp3) is 0.467. The van der Waals surface area contributed by atoms with Gasteiger partial charge < -0.3 is 4.90 Å². The van der Waals surface area contributed by atoms with Gasteiger partial charge in [0.2, 0.25) is 5.91 Å². The lowest BCUT2D eigenvalue weighted by atomic mass is 10.1. The second-order valence-electron chi connectivity index (χ2n) is 5.64. The number of carbonyl (C=O) groups is 1. The van der Waals surface area contributed by atoms with E-state index in [2.05, 4.69) is 4.99 Å². The summed E-state index contributed by atoms with van der Waals surface area (Å²) in [6.07, 6.45) is 0.807. The fourth-order valence-corrected chi connectivity index (χ4v) is 6.95. The molecule has 2 aliphatic rings. The van der Waals surface area contributed by atoms with Crippen LogP contribution in [0.5, 0.6) is 0 Å². The standard InChI is InChI=1S/C15H18N2O3S2/c1-11(18)16-15-17(8-7-12-5-3-2-4-6-12)13-9-22(19,20)10-14(13)21-15/h2-6,13-14H,7-10H2,1H3. The molecule has 3 rings (SSSR count). The molecule has 118 valence electrons. The van der Waals surface area contributed by atoms with Gasteiger partial charge in [-0.1, -0.05) is 42.1 Å². The Bertz CT molecular complexity index is 701. The van der Waals surface area contributed by atoms with Gasteiger partial charge in [-0.15, -0.1) is 0 Å². The topological polar surface area (TPSA) is 66.8 Å². The summed E-state index contributed by atoms with van der Waals surface area (Å²) in [5.74, 6) is 0.104. The van der Waals surface area contributed by atoms with Crippen LogP contribution < -0.4 is 0 Å². The van der Waals surface area contributed by atoms with Gasteiger partial charge in [0.05, 0.1) is 17.5 Å². The molecule has 0 saturated carbocycles. The van der Waals surface area contributed by atoms with Crippen molar-refractivity contribution >= 4 is 32.7 Å². The van der Waals surface area contributed by atoms with Crippen molar-refractivity contribution in [1.82, 2.24) is 4.90 Å². The lowest BCUT2D eigenvalue weighted by Crippen LogP contribution is -2.39. The van der Waals surface area contributed by atoms with Gasteiger partial charge in [0.1, 0.15) is 0 Å². The van der Waals surface area contributed by atoms with E-state index in [4.69, 9.17) is 0 Å². The molecule has 2 unspecified atom stereocenters. The Morgan fingerprint density at radius 3 is 2.73 bits per heavy atom. The molecule has 2 aliphatic heterocycles. The largest absolute Gasteiger partial charge is 0.346 e. The highest BCUT2D eigenvalue weighted by Crippen LogP contribution is 2.38. The zero-order chi connectivity index (χ0) is 15.7. The Kier molecular flexibility index (Phi) is 4.27. The maximum Gasteiger partial charge on any atom is 0.244 e. The van der Waals surface area contributed by atoms with E-state index in [9.17, 15) is 13.2 Å². The maximum atomic E-state index is 11.8. The number of amides is 1. The van der Waals surface area contributed by atoms with E-state index in [0.717, 1.165) is 6.42 Å². The highest BCUT2D eigenvalue weighted by molar-refractivity contribution is 8.15. The smallest absolute Gasteiger partial charge is 0.244 e. The molecular weight excluding hydrogens is 320 g/mol. The van der Waals surface area contributed by atoms with Gasteiger partial charge in [0.15, 0.2) is 15.0 Å². The second-order valence-corrected chi connectivity index (χ2v) is 9.00. The third-order valence-corrected chi connectivity index (χ3v) is 7.16. The van der Waals surface area contributed by atoms with Crippen molar-refractivity contribution < 1.29 is 13.2 Å². The van der Waals surface area contributed by atoms with Gasteiger partial charge in [-0.2, -0.15) is 4.99 Å². The molecule has 0 radical (unpaired) electrons. The van der Waals surface area contributed by atoms with Gasteiger partial charge >= 0.3 is 0 Å². The minimum Gasteiger partial charge on any atom is -0.346 e. The Balaban J connectivity index is 1.79. The Hall–Kier alpha value is -1.34. The van der Waals surface area contributed by atoms with Crippen LogP contribution in [0.3, 0.4) is 0 Å². The molecule has 0 N–H and O–H groups in total. The van der Waals surface area contributed by atoms with Gasteiger partial charge in [0, 0.05) is 18.7 Å². The number of thioether (sulfide) groups is 1. The van der Waals surface area contributed by atoms with Crippen LogP contribution in [0.2, 0.25) is 0 Å². The van der Waals surface area contributed by atoms with Gasteiger partial charge in [-0.25, -0.2) is 8.42 Å². The number of benzene rings is 1. The van der Waals surface area contributed by atoms with Crippen LogP contribution in [-0.4, -0.2) is 53.7 Å². The highest BCUT2D eigenvalue weighted by Gasteiger charge is 2.48. The first-order chi connectivity index (χ1) is 10.4. The number of fused-ring (bicyclic) bond motifs is 1. The average Bonchev–Trinajstić information content (AvgIpc) is 2.88. The molecule has 2 saturated heterocycles. The van der Waals surface area contributed by atoms with Crippen molar-refractivity contribution in [1.29, 1.82) is 0 Å². The quantitative estimate of drug-likeness (QED) is 0.832. The highest BCUT2D eigenvalue weighted by atomic mass is 32.2. The zero-order valence-corrected chi connectivity index (χ0v) is 13.9. The number of carbonyl (C=O) groups excluding carboxylic acids is 1. The van der Waals surface area contributed by atoms with Crippen LogP contribution in [0.1, 0.15) is 12.5 Å². The molecule has 2 heterocycles. The van der Waals surface area contributed by atoms with Crippen LogP contribution >= 0.6 is 11.8 Å². The molecular formula is C15H18N2O3S2. The second kappa shape index (κ2) is 6.04.